The van der Waals surface area contributed by atoms with Crippen LogP contribution in [0.4, 0.5) is 5.82 Å². The van der Waals surface area contributed by atoms with E-state index < -0.39 is 0 Å². The number of benzene rings is 2. The minimum absolute atomic E-state index is 0.373. The fourth-order valence-corrected chi connectivity index (χ4v) is 3.23. The van der Waals surface area contributed by atoms with E-state index >= 15 is 0 Å². The summed E-state index contributed by atoms with van der Waals surface area (Å²) >= 11 is 0. The second-order valence-electron chi connectivity index (χ2n) is 6.48. The van der Waals surface area contributed by atoms with Crippen LogP contribution in [-0.4, -0.2) is 21.5 Å². The van der Waals surface area contributed by atoms with E-state index in [1.54, 1.807) is 4.80 Å². The van der Waals surface area contributed by atoms with Gasteiger partial charge in [0.1, 0.15) is 6.07 Å². The third-order valence-corrected chi connectivity index (χ3v) is 4.85. The van der Waals surface area contributed by atoms with Crippen molar-refractivity contribution in [3.05, 3.63) is 70.4 Å². The zero-order chi connectivity index (χ0) is 17.4. The van der Waals surface area contributed by atoms with Crippen LogP contribution >= 0.6 is 0 Å². The zero-order valence-electron chi connectivity index (χ0n) is 14.4. The maximum atomic E-state index is 9.51. The van der Waals surface area contributed by atoms with Crippen LogP contribution in [0.2, 0.25) is 0 Å². The number of aryl methyl sites for hydroxylation is 2. The molecular weight excluding hydrogens is 310 g/mol. The van der Waals surface area contributed by atoms with Crippen molar-refractivity contribution < 1.29 is 0 Å². The summed E-state index contributed by atoms with van der Waals surface area (Å²) in [7, 11) is 0. The Bertz CT molecular complexity index is 980. The van der Waals surface area contributed by atoms with Crippen molar-refractivity contribution in [1.82, 2.24) is 15.0 Å². The van der Waals surface area contributed by atoms with Gasteiger partial charge in [-0.15, -0.1) is 15.0 Å². The quantitative estimate of drug-likeness (QED) is 0.724. The van der Waals surface area contributed by atoms with Gasteiger partial charge in [-0.2, -0.15) is 5.26 Å². The number of fused-ring (bicyclic) bond motifs is 1. The normalized spacial score (nSPS) is 13.4. The van der Waals surface area contributed by atoms with Gasteiger partial charge in [0.15, 0.2) is 5.82 Å². The first-order chi connectivity index (χ1) is 12.2. The molecule has 1 aromatic heterocycles. The van der Waals surface area contributed by atoms with Crippen LogP contribution in [0.1, 0.15) is 27.9 Å². The van der Waals surface area contributed by atoms with Crippen LogP contribution in [0.3, 0.4) is 0 Å². The second kappa shape index (κ2) is 6.06. The number of aromatic nitrogens is 3. The number of rotatable bonds is 2. The van der Waals surface area contributed by atoms with Gasteiger partial charge < -0.3 is 4.90 Å². The van der Waals surface area contributed by atoms with Crippen LogP contribution in [0, 0.1) is 25.2 Å². The Kier molecular flexibility index (Phi) is 3.73. The van der Waals surface area contributed by atoms with Crippen LogP contribution in [0.5, 0.6) is 0 Å². The summed E-state index contributed by atoms with van der Waals surface area (Å²) in [6.45, 7) is 5.75. The Balaban J connectivity index is 1.70. The largest absolute Gasteiger partial charge is 0.348 e. The van der Waals surface area contributed by atoms with Gasteiger partial charge in [-0.05, 0) is 54.7 Å². The third kappa shape index (κ3) is 2.76. The van der Waals surface area contributed by atoms with E-state index in [1.165, 1.54) is 22.3 Å². The Labute approximate surface area is 147 Å². The highest BCUT2D eigenvalue weighted by Gasteiger charge is 2.23. The van der Waals surface area contributed by atoms with E-state index in [2.05, 4.69) is 65.3 Å². The third-order valence-electron chi connectivity index (χ3n) is 4.85. The number of hydrogen-bond donors (Lipinski definition) is 0. The van der Waals surface area contributed by atoms with E-state index in [-0.39, 0.29) is 0 Å². The monoisotopic (exact) mass is 329 g/mol. The fraction of sp³-hybridized carbons (Fsp3) is 0.250. The van der Waals surface area contributed by atoms with Gasteiger partial charge in [0, 0.05) is 13.1 Å². The lowest BCUT2D eigenvalue weighted by Crippen LogP contribution is -2.31. The first-order valence-electron chi connectivity index (χ1n) is 8.42. The molecule has 0 fully saturated rings. The number of anilines is 1. The molecular formula is C20H19N5. The molecule has 2 heterocycles. The van der Waals surface area contributed by atoms with Gasteiger partial charge in [-0.1, -0.05) is 30.3 Å². The first-order valence-corrected chi connectivity index (χ1v) is 8.42. The second-order valence-corrected chi connectivity index (χ2v) is 6.48. The Hall–Kier alpha value is -3.13. The van der Waals surface area contributed by atoms with Crippen molar-refractivity contribution in [1.29, 1.82) is 5.26 Å². The molecule has 0 radical (unpaired) electrons. The predicted octanol–water partition coefficient (Wildman–Crippen LogP) is 3.32. The highest BCUT2D eigenvalue weighted by molar-refractivity contribution is 5.53. The average molecular weight is 329 g/mol. The molecule has 5 nitrogen and oxygen atoms in total. The molecule has 2 aromatic carbocycles. The number of nitrogens with zero attached hydrogens (tertiary/aromatic N) is 5. The summed E-state index contributed by atoms with van der Waals surface area (Å²) in [6, 6.07) is 16.7. The van der Waals surface area contributed by atoms with Crippen LogP contribution in [0.25, 0.3) is 5.69 Å². The van der Waals surface area contributed by atoms with Crippen LogP contribution < -0.4 is 4.90 Å². The average Bonchev–Trinajstić information content (AvgIpc) is 3.08. The number of nitriles is 1. The molecule has 0 N–H and O–H groups in total. The number of hydrogen-bond acceptors (Lipinski definition) is 4. The van der Waals surface area contributed by atoms with E-state index in [4.69, 9.17) is 0 Å². The van der Waals surface area contributed by atoms with Crippen LogP contribution in [0.15, 0.2) is 42.5 Å². The van der Waals surface area contributed by atoms with Crippen molar-refractivity contribution in [3.63, 3.8) is 0 Å². The molecule has 0 aliphatic carbocycles. The fourth-order valence-electron chi connectivity index (χ4n) is 3.23. The van der Waals surface area contributed by atoms with Gasteiger partial charge >= 0.3 is 0 Å². The molecule has 124 valence electrons. The smallest absolute Gasteiger partial charge is 0.207 e. The summed E-state index contributed by atoms with van der Waals surface area (Å²) in [6.07, 6.45) is 0.956. The standard InChI is InChI=1S/C20H19N5/c1-14-7-8-18(11-15(14)2)25-22-19(12-21)20(23-25)24-10-9-16-5-3-4-6-17(16)13-24/h3-8,11H,9-10,13H2,1-2H3. The van der Waals surface area contributed by atoms with Gasteiger partial charge in [0.2, 0.25) is 5.69 Å². The molecule has 25 heavy (non-hydrogen) atoms. The lowest BCUT2D eigenvalue weighted by atomic mass is 10.00. The van der Waals surface area contributed by atoms with Crippen LogP contribution in [-0.2, 0) is 13.0 Å². The zero-order valence-corrected chi connectivity index (χ0v) is 14.4. The van der Waals surface area contributed by atoms with Crippen molar-refractivity contribution in [2.75, 3.05) is 11.4 Å². The molecule has 0 amide bonds. The molecule has 0 atom stereocenters. The molecule has 1 aliphatic rings. The minimum atomic E-state index is 0.373. The minimum Gasteiger partial charge on any atom is -0.348 e. The maximum Gasteiger partial charge on any atom is 0.207 e. The summed E-state index contributed by atoms with van der Waals surface area (Å²) in [5.41, 5.74) is 6.32. The molecule has 3 aromatic rings. The Morgan fingerprint density at radius 2 is 1.80 bits per heavy atom. The molecule has 4 rings (SSSR count). The summed E-state index contributed by atoms with van der Waals surface area (Å²) < 4.78 is 0. The van der Waals surface area contributed by atoms with Crippen molar-refractivity contribution in [2.45, 2.75) is 26.8 Å². The van der Waals surface area contributed by atoms with Gasteiger partial charge in [-0.25, -0.2) is 0 Å². The predicted molar refractivity (Wildman–Crippen MR) is 96.7 cm³/mol. The molecule has 5 heteroatoms. The highest BCUT2D eigenvalue weighted by atomic mass is 15.5. The summed E-state index contributed by atoms with van der Waals surface area (Å²) in [4.78, 5) is 3.71. The lowest BCUT2D eigenvalue weighted by Gasteiger charge is -2.28. The van der Waals surface area contributed by atoms with E-state index in [9.17, 15) is 5.26 Å². The molecule has 0 bridgehead atoms. The van der Waals surface area contributed by atoms with Gasteiger partial charge in [0.25, 0.3) is 0 Å². The molecule has 1 aliphatic heterocycles. The molecule has 0 saturated heterocycles. The summed E-state index contributed by atoms with van der Waals surface area (Å²) in [5, 5.41) is 18.5. The first kappa shape index (κ1) is 15.4. The summed E-state index contributed by atoms with van der Waals surface area (Å²) in [5.74, 6) is 0.662. The molecule has 0 unspecified atom stereocenters. The van der Waals surface area contributed by atoms with Crippen molar-refractivity contribution in [3.8, 4) is 11.8 Å². The highest BCUT2D eigenvalue weighted by Crippen LogP contribution is 2.25. The van der Waals surface area contributed by atoms with Gasteiger partial charge in [0.05, 0.1) is 5.69 Å². The van der Waals surface area contributed by atoms with E-state index in [1.807, 2.05) is 12.1 Å². The SMILES string of the molecule is Cc1ccc(-n2nc(C#N)c(N3CCc4ccccc4C3)n2)cc1C. The van der Waals surface area contributed by atoms with Crippen molar-refractivity contribution in [2.24, 2.45) is 0 Å². The van der Waals surface area contributed by atoms with E-state index in [0.29, 0.717) is 11.5 Å². The Morgan fingerprint density at radius 3 is 2.56 bits per heavy atom. The lowest BCUT2D eigenvalue weighted by molar-refractivity contribution is 0.699. The Morgan fingerprint density at radius 1 is 1.00 bits per heavy atom. The topological polar surface area (TPSA) is 57.7 Å². The van der Waals surface area contributed by atoms with E-state index in [0.717, 1.165) is 25.2 Å². The molecule has 0 spiro atoms. The molecule has 0 saturated carbocycles. The maximum absolute atomic E-state index is 9.51. The van der Waals surface area contributed by atoms with Crippen molar-refractivity contribution >= 4 is 5.82 Å². The van der Waals surface area contributed by atoms with Gasteiger partial charge in [-0.3, -0.25) is 0 Å².